The molecule has 2 N–H and O–H groups in total. The van der Waals surface area contributed by atoms with Gasteiger partial charge in [-0.15, -0.1) is 11.8 Å². The summed E-state index contributed by atoms with van der Waals surface area (Å²) in [6.07, 6.45) is 0. The highest BCUT2D eigenvalue weighted by molar-refractivity contribution is 7.99. The van der Waals surface area contributed by atoms with E-state index in [2.05, 4.69) is 4.74 Å². The van der Waals surface area contributed by atoms with Gasteiger partial charge in [-0.3, -0.25) is 4.79 Å². The lowest BCUT2D eigenvalue weighted by Crippen LogP contribution is -2.33. The van der Waals surface area contributed by atoms with Crippen molar-refractivity contribution in [3.8, 4) is 0 Å². The molecule has 1 unspecified atom stereocenters. The van der Waals surface area contributed by atoms with Crippen LogP contribution in [0.4, 0.5) is 0 Å². The summed E-state index contributed by atoms with van der Waals surface area (Å²) in [6, 6.07) is 6.81. The first-order valence-corrected chi connectivity index (χ1v) is 5.72. The van der Waals surface area contributed by atoms with Crippen molar-refractivity contribution in [3.63, 3.8) is 0 Å². The maximum absolute atomic E-state index is 11.0. The minimum absolute atomic E-state index is 0.408. The van der Waals surface area contributed by atoms with E-state index in [1.54, 1.807) is 6.07 Å². The number of methoxy groups -OCH3 is 1. The van der Waals surface area contributed by atoms with Gasteiger partial charge in [-0.1, -0.05) is 23.7 Å². The molecule has 0 spiro atoms. The number of hydrogen-bond donors (Lipinski definition) is 1. The van der Waals surface area contributed by atoms with Crippen LogP contribution >= 0.6 is 23.4 Å². The summed E-state index contributed by atoms with van der Waals surface area (Å²) >= 11 is 7.38. The Balaban J connectivity index is 2.50. The molecule has 0 radical (unpaired) electrons. The number of esters is 1. The second-order valence-electron chi connectivity index (χ2n) is 2.87. The van der Waals surface area contributed by atoms with Crippen molar-refractivity contribution in [2.24, 2.45) is 5.73 Å². The van der Waals surface area contributed by atoms with Gasteiger partial charge in [-0.2, -0.15) is 0 Å². The van der Waals surface area contributed by atoms with Crippen LogP contribution < -0.4 is 5.73 Å². The van der Waals surface area contributed by atoms with E-state index in [4.69, 9.17) is 17.3 Å². The number of carbonyl (C=O) groups is 1. The molecule has 0 saturated carbocycles. The molecule has 3 nitrogen and oxygen atoms in total. The molecule has 1 rings (SSSR count). The highest BCUT2D eigenvalue weighted by Crippen LogP contribution is 2.26. The number of carbonyl (C=O) groups excluding carboxylic acids is 1. The fraction of sp³-hybridized carbons (Fsp3) is 0.300. The summed E-state index contributed by atoms with van der Waals surface area (Å²) in [5, 5.41) is 0.666. The Morgan fingerprint density at radius 3 is 2.87 bits per heavy atom. The monoisotopic (exact) mass is 245 g/mol. The number of hydrogen-bond acceptors (Lipinski definition) is 4. The van der Waals surface area contributed by atoms with Crippen molar-refractivity contribution in [3.05, 3.63) is 29.3 Å². The van der Waals surface area contributed by atoms with E-state index >= 15 is 0 Å². The molecule has 0 heterocycles. The summed E-state index contributed by atoms with van der Waals surface area (Å²) in [4.78, 5) is 11.9. The molecule has 82 valence electrons. The standard InChI is InChI=1S/C10H12ClNO2S/c1-14-10(13)8(12)6-15-9-5-3-2-4-7(9)11/h2-5,8H,6,12H2,1H3. The summed E-state index contributed by atoms with van der Waals surface area (Å²) in [5.41, 5.74) is 5.59. The van der Waals surface area contributed by atoms with Crippen molar-refractivity contribution in [2.45, 2.75) is 10.9 Å². The second-order valence-corrected chi connectivity index (χ2v) is 4.34. The van der Waals surface area contributed by atoms with Gasteiger partial charge in [0.25, 0.3) is 0 Å². The number of halogens is 1. The first kappa shape index (κ1) is 12.4. The molecule has 1 aromatic carbocycles. The maximum Gasteiger partial charge on any atom is 0.323 e. The Morgan fingerprint density at radius 2 is 2.27 bits per heavy atom. The summed E-state index contributed by atoms with van der Waals surface area (Å²) in [7, 11) is 1.32. The zero-order chi connectivity index (χ0) is 11.3. The zero-order valence-corrected chi connectivity index (χ0v) is 9.85. The van der Waals surface area contributed by atoms with E-state index in [0.29, 0.717) is 10.8 Å². The molecular formula is C10H12ClNO2S. The molecule has 0 saturated heterocycles. The van der Waals surface area contributed by atoms with Crippen LogP contribution in [0.25, 0.3) is 0 Å². The third kappa shape index (κ3) is 3.74. The van der Waals surface area contributed by atoms with E-state index in [0.717, 1.165) is 4.90 Å². The first-order valence-electron chi connectivity index (χ1n) is 4.36. The fourth-order valence-electron chi connectivity index (χ4n) is 0.961. The van der Waals surface area contributed by atoms with Crippen LogP contribution in [0.5, 0.6) is 0 Å². The van der Waals surface area contributed by atoms with Crippen LogP contribution in [0.3, 0.4) is 0 Å². The molecule has 0 amide bonds. The van der Waals surface area contributed by atoms with E-state index in [-0.39, 0.29) is 0 Å². The Kier molecular flexibility index (Phi) is 4.94. The Bertz CT molecular complexity index is 346. The molecule has 0 aliphatic heterocycles. The number of ether oxygens (including phenoxy) is 1. The molecule has 15 heavy (non-hydrogen) atoms. The van der Waals surface area contributed by atoms with Crippen LogP contribution in [-0.2, 0) is 9.53 Å². The number of benzene rings is 1. The van der Waals surface area contributed by atoms with Gasteiger partial charge in [0, 0.05) is 10.6 Å². The average molecular weight is 246 g/mol. The lowest BCUT2D eigenvalue weighted by Gasteiger charge is -2.09. The SMILES string of the molecule is COC(=O)C(N)CSc1ccccc1Cl. The fourth-order valence-corrected chi connectivity index (χ4v) is 2.14. The molecule has 0 fully saturated rings. The topological polar surface area (TPSA) is 52.3 Å². The van der Waals surface area contributed by atoms with Gasteiger partial charge in [-0.25, -0.2) is 0 Å². The Morgan fingerprint density at radius 1 is 1.60 bits per heavy atom. The van der Waals surface area contributed by atoms with Crippen LogP contribution in [0.15, 0.2) is 29.2 Å². The molecule has 1 aromatic rings. The summed E-state index contributed by atoms with van der Waals surface area (Å²) < 4.78 is 4.52. The van der Waals surface area contributed by atoms with Gasteiger partial charge >= 0.3 is 5.97 Å². The minimum Gasteiger partial charge on any atom is -0.468 e. The first-order chi connectivity index (χ1) is 7.15. The highest BCUT2D eigenvalue weighted by Gasteiger charge is 2.14. The molecule has 0 aliphatic rings. The molecule has 5 heteroatoms. The van der Waals surface area contributed by atoms with Gasteiger partial charge < -0.3 is 10.5 Å². The van der Waals surface area contributed by atoms with Crippen LogP contribution in [0.1, 0.15) is 0 Å². The smallest absolute Gasteiger partial charge is 0.323 e. The largest absolute Gasteiger partial charge is 0.468 e. The molecular weight excluding hydrogens is 234 g/mol. The molecule has 0 aromatic heterocycles. The maximum atomic E-state index is 11.0. The van der Waals surface area contributed by atoms with Gasteiger partial charge in [0.1, 0.15) is 6.04 Å². The summed E-state index contributed by atoms with van der Waals surface area (Å²) in [5.74, 6) is 0.0469. The predicted molar refractivity (Wildman–Crippen MR) is 62.2 cm³/mol. The minimum atomic E-state index is -0.615. The van der Waals surface area contributed by atoms with Gasteiger partial charge in [0.2, 0.25) is 0 Å². The van der Waals surface area contributed by atoms with Crippen LogP contribution in [-0.4, -0.2) is 24.9 Å². The number of nitrogens with two attached hydrogens (primary N) is 1. The van der Waals surface area contributed by atoms with Crippen molar-refractivity contribution in [2.75, 3.05) is 12.9 Å². The molecule has 0 bridgehead atoms. The van der Waals surface area contributed by atoms with E-state index < -0.39 is 12.0 Å². The highest BCUT2D eigenvalue weighted by atomic mass is 35.5. The van der Waals surface area contributed by atoms with Crippen LogP contribution in [0, 0.1) is 0 Å². The summed E-state index contributed by atoms with van der Waals surface area (Å²) in [6.45, 7) is 0. The Hall–Kier alpha value is -0.710. The number of rotatable bonds is 4. The van der Waals surface area contributed by atoms with Gasteiger partial charge in [0.15, 0.2) is 0 Å². The third-order valence-electron chi connectivity index (χ3n) is 1.76. The van der Waals surface area contributed by atoms with E-state index in [9.17, 15) is 4.79 Å². The quantitative estimate of drug-likeness (QED) is 0.651. The Labute approximate surface area is 97.9 Å². The van der Waals surface area contributed by atoms with Crippen LogP contribution in [0.2, 0.25) is 5.02 Å². The normalized spacial score (nSPS) is 12.2. The van der Waals surface area contributed by atoms with Crippen molar-refractivity contribution in [1.82, 2.24) is 0 Å². The number of thioether (sulfide) groups is 1. The van der Waals surface area contributed by atoms with Crippen molar-refractivity contribution in [1.29, 1.82) is 0 Å². The van der Waals surface area contributed by atoms with E-state index in [1.165, 1.54) is 18.9 Å². The van der Waals surface area contributed by atoms with E-state index in [1.807, 2.05) is 18.2 Å². The van der Waals surface area contributed by atoms with Gasteiger partial charge in [-0.05, 0) is 12.1 Å². The molecule has 1 atom stereocenters. The van der Waals surface area contributed by atoms with Gasteiger partial charge in [0.05, 0.1) is 12.1 Å². The lowest BCUT2D eigenvalue weighted by atomic mass is 10.4. The average Bonchev–Trinajstić information content (AvgIpc) is 2.26. The predicted octanol–water partition coefficient (Wildman–Crippen LogP) is 1.93. The second kappa shape index (κ2) is 6.00. The van der Waals surface area contributed by atoms with Crippen molar-refractivity contribution < 1.29 is 9.53 Å². The zero-order valence-electron chi connectivity index (χ0n) is 8.27. The van der Waals surface area contributed by atoms with Crippen molar-refractivity contribution >= 4 is 29.3 Å². The third-order valence-corrected chi connectivity index (χ3v) is 3.39. The lowest BCUT2D eigenvalue weighted by molar-refractivity contribution is -0.141. The molecule has 0 aliphatic carbocycles.